The summed E-state index contributed by atoms with van der Waals surface area (Å²) >= 11 is 11.9. The van der Waals surface area contributed by atoms with Crippen LogP contribution in [0.1, 0.15) is 22.5 Å². The van der Waals surface area contributed by atoms with E-state index in [9.17, 15) is 18.0 Å². The number of fused-ring (bicyclic) bond motifs is 1. The number of anilines is 1. The van der Waals surface area contributed by atoms with E-state index in [1.807, 2.05) is 6.07 Å². The zero-order valence-corrected chi connectivity index (χ0v) is 18.9. The minimum atomic E-state index is -4.56. The van der Waals surface area contributed by atoms with Gasteiger partial charge in [-0.2, -0.15) is 23.4 Å². The van der Waals surface area contributed by atoms with Gasteiger partial charge in [0.25, 0.3) is 0 Å². The molecule has 0 bridgehead atoms. The van der Waals surface area contributed by atoms with E-state index in [1.165, 1.54) is 13.8 Å². The van der Waals surface area contributed by atoms with E-state index in [-0.39, 0.29) is 34.8 Å². The van der Waals surface area contributed by atoms with Crippen LogP contribution < -0.4 is 5.32 Å². The van der Waals surface area contributed by atoms with Crippen LogP contribution in [0.15, 0.2) is 36.5 Å². The third-order valence-corrected chi connectivity index (χ3v) is 5.58. The Balaban J connectivity index is 1.51. The molecule has 1 N–H and O–H groups in total. The number of carbonyl (C=O) groups excluding carboxylic acids is 1. The zero-order valence-electron chi connectivity index (χ0n) is 17.4. The molecule has 172 valence electrons. The van der Waals surface area contributed by atoms with Crippen LogP contribution in [0, 0.1) is 13.8 Å². The number of carbonyl (C=O) groups is 1. The lowest BCUT2D eigenvalue weighted by atomic mass is 10.1. The number of aromatic nitrogens is 5. The second-order valence-electron chi connectivity index (χ2n) is 7.45. The molecule has 0 aliphatic rings. The maximum Gasteiger partial charge on any atom is 0.417 e. The molecular formula is C21H17Cl2F3N6O. The summed E-state index contributed by atoms with van der Waals surface area (Å²) in [4.78, 5) is 16.7. The zero-order chi connectivity index (χ0) is 23.9. The number of hydrogen-bond acceptors (Lipinski definition) is 4. The highest BCUT2D eigenvalue weighted by atomic mass is 35.5. The Bertz CT molecular complexity index is 1360. The Hall–Kier alpha value is -3.11. The molecule has 12 heteroatoms. The van der Waals surface area contributed by atoms with Crippen molar-refractivity contribution in [3.05, 3.63) is 69.1 Å². The number of nitrogens with zero attached hydrogens (tertiary/aromatic N) is 5. The summed E-state index contributed by atoms with van der Waals surface area (Å²) in [7, 11) is 0. The SMILES string of the molecule is Cc1cc(C(F)(F)F)c2c(C)nn(CC(=O)Nc3ccn(Cc4ccc(Cl)c(Cl)c4)n3)c2n1. The fraction of sp³-hybridized carbons (Fsp3) is 0.238. The number of halogens is 5. The second kappa shape index (κ2) is 8.68. The third-order valence-electron chi connectivity index (χ3n) is 4.84. The van der Waals surface area contributed by atoms with Gasteiger partial charge in [0, 0.05) is 18.0 Å². The predicted molar refractivity (Wildman–Crippen MR) is 118 cm³/mol. The largest absolute Gasteiger partial charge is 0.417 e. The molecule has 7 nitrogen and oxygen atoms in total. The molecule has 1 aromatic carbocycles. The average Bonchev–Trinajstić information content (AvgIpc) is 3.27. The molecule has 4 rings (SSSR count). The van der Waals surface area contributed by atoms with Crippen molar-refractivity contribution in [3.8, 4) is 0 Å². The molecule has 0 fully saturated rings. The molecule has 33 heavy (non-hydrogen) atoms. The first-order valence-electron chi connectivity index (χ1n) is 9.70. The molecule has 1 amide bonds. The molecule has 3 heterocycles. The highest BCUT2D eigenvalue weighted by Gasteiger charge is 2.35. The van der Waals surface area contributed by atoms with Gasteiger partial charge in [-0.05, 0) is 37.6 Å². The van der Waals surface area contributed by atoms with Gasteiger partial charge in [0.15, 0.2) is 11.5 Å². The quantitative estimate of drug-likeness (QED) is 0.408. The molecule has 0 aliphatic heterocycles. The van der Waals surface area contributed by atoms with Gasteiger partial charge < -0.3 is 5.32 Å². The number of benzene rings is 1. The number of amides is 1. The molecule has 0 saturated heterocycles. The van der Waals surface area contributed by atoms with Crippen LogP contribution in [-0.4, -0.2) is 30.5 Å². The first kappa shape index (κ1) is 23.1. The van der Waals surface area contributed by atoms with Gasteiger partial charge in [0.05, 0.1) is 33.2 Å². The van der Waals surface area contributed by atoms with Crippen LogP contribution in [0.5, 0.6) is 0 Å². The van der Waals surface area contributed by atoms with Crippen molar-refractivity contribution in [2.24, 2.45) is 0 Å². The molecule has 0 spiro atoms. The first-order chi connectivity index (χ1) is 15.5. The normalized spacial score (nSPS) is 11.8. The van der Waals surface area contributed by atoms with Crippen molar-refractivity contribution in [2.45, 2.75) is 33.1 Å². The number of pyridine rings is 1. The fourth-order valence-corrected chi connectivity index (χ4v) is 3.79. The van der Waals surface area contributed by atoms with E-state index in [0.717, 1.165) is 16.3 Å². The van der Waals surface area contributed by atoms with Gasteiger partial charge in [-0.3, -0.25) is 9.48 Å². The highest BCUT2D eigenvalue weighted by molar-refractivity contribution is 6.42. The number of alkyl halides is 3. The van der Waals surface area contributed by atoms with Gasteiger partial charge in [0.1, 0.15) is 6.54 Å². The van der Waals surface area contributed by atoms with E-state index in [0.29, 0.717) is 16.6 Å². The Morgan fingerprint density at radius 3 is 2.55 bits per heavy atom. The number of nitrogens with one attached hydrogen (secondary N) is 1. The van der Waals surface area contributed by atoms with Gasteiger partial charge >= 0.3 is 6.18 Å². The van der Waals surface area contributed by atoms with Crippen LogP contribution >= 0.6 is 23.2 Å². The summed E-state index contributed by atoms with van der Waals surface area (Å²) in [6, 6.07) is 7.79. The second-order valence-corrected chi connectivity index (χ2v) is 8.26. The minimum absolute atomic E-state index is 0.000112. The number of rotatable bonds is 5. The van der Waals surface area contributed by atoms with Crippen LogP contribution in [0.2, 0.25) is 10.0 Å². The third kappa shape index (κ3) is 4.96. The average molecular weight is 497 g/mol. The van der Waals surface area contributed by atoms with Crippen LogP contribution in [0.25, 0.3) is 11.0 Å². The Kier molecular flexibility index (Phi) is 6.06. The van der Waals surface area contributed by atoms with Crippen LogP contribution in [-0.2, 0) is 24.1 Å². The van der Waals surface area contributed by atoms with Crippen molar-refractivity contribution in [1.82, 2.24) is 24.5 Å². The van der Waals surface area contributed by atoms with E-state index in [4.69, 9.17) is 23.2 Å². The molecule has 0 aliphatic carbocycles. The maximum absolute atomic E-state index is 13.5. The minimum Gasteiger partial charge on any atom is -0.308 e. The summed E-state index contributed by atoms with van der Waals surface area (Å²) in [6.07, 6.45) is -2.89. The summed E-state index contributed by atoms with van der Waals surface area (Å²) in [5.74, 6) is -0.218. The van der Waals surface area contributed by atoms with Crippen molar-refractivity contribution < 1.29 is 18.0 Å². The Morgan fingerprint density at radius 2 is 1.85 bits per heavy atom. The fourth-order valence-electron chi connectivity index (χ4n) is 3.47. The molecule has 0 atom stereocenters. The molecule has 0 radical (unpaired) electrons. The van der Waals surface area contributed by atoms with Gasteiger partial charge in [-0.15, -0.1) is 0 Å². The lowest BCUT2D eigenvalue weighted by Gasteiger charge is -2.10. The Labute approximate surface area is 196 Å². The molecule has 4 aromatic rings. The summed E-state index contributed by atoms with van der Waals surface area (Å²) in [6.45, 7) is 2.99. The van der Waals surface area contributed by atoms with E-state index in [2.05, 4.69) is 20.5 Å². The van der Waals surface area contributed by atoms with Crippen molar-refractivity contribution in [1.29, 1.82) is 0 Å². The highest BCUT2D eigenvalue weighted by Crippen LogP contribution is 2.36. The van der Waals surface area contributed by atoms with Gasteiger partial charge in [-0.25, -0.2) is 9.67 Å². The maximum atomic E-state index is 13.5. The summed E-state index contributed by atoms with van der Waals surface area (Å²) < 4.78 is 43.2. The Morgan fingerprint density at radius 1 is 1.09 bits per heavy atom. The van der Waals surface area contributed by atoms with E-state index in [1.54, 1.807) is 29.1 Å². The van der Waals surface area contributed by atoms with Crippen LogP contribution in [0.3, 0.4) is 0 Å². The monoisotopic (exact) mass is 496 g/mol. The summed E-state index contributed by atoms with van der Waals surface area (Å²) in [5.41, 5.74) is 0.363. The number of aryl methyl sites for hydroxylation is 2. The van der Waals surface area contributed by atoms with Crippen molar-refractivity contribution >= 4 is 46.0 Å². The lowest BCUT2D eigenvalue weighted by molar-refractivity contribution is -0.136. The standard InChI is InChI=1S/C21H17Cl2F3N6O/c1-11-7-14(21(24,25)26)19-12(2)29-32(20(19)27-11)10-18(33)28-17-5-6-31(30-17)9-13-3-4-15(22)16(23)8-13/h3-8H,9-10H2,1-2H3,(H,28,30,33). The number of hydrogen-bond donors (Lipinski definition) is 1. The molecule has 0 unspecified atom stereocenters. The lowest BCUT2D eigenvalue weighted by Crippen LogP contribution is -2.20. The van der Waals surface area contributed by atoms with Crippen molar-refractivity contribution in [2.75, 3.05) is 5.32 Å². The van der Waals surface area contributed by atoms with Gasteiger partial charge in [0.2, 0.25) is 5.91 Å². The smallest absolute Gasteiger partial charge is 0.308 e. The molecular weight excluding hydrogens is 480 g/mol. The predicted octanol–water partition coefficient (Wildman–Crippen LogP) is 5.26. The summed E-state index contributed by atoms with van der Waals surface area (Å²) in [5, 5.41) is 11.8. The van der Waals surface area contributed by atoms with Crippen molar-refractivity contribution in [3.63, 3.8) is 0 Å². The topological polar surface area (TPSA) is 77.6 Å². The first-order valence-corrected chi connectivity index (χ1v) is 10.5. The van der Waals surface area contributed by atoms with E-state index < -0.39 is 17.6 Å². The molecule has 0 saturated carbocycles. The molecule has 3 aromatic heterocycles. The van der Waals surface area contributed by atoms with Gasteiger partial charge in [-0.1, -0.05) is 29.3 Å². The van der Waals surface area contributed by atoms with E-state index >= 15 is 0 Å². The van der Waals surface area contributed by atoms with Crippen LogP contribution in [0.4, 0.5) is 19.0 Å².